The number of methoxy groups -OCH3 is 1. The van der Waals surface area contributed by atoms with Crippen LogP contribution in [0, 0.1) is 13.8 Å². The third-order valence-electron chi connectivity index (χ3n) is 4.66. The van der Waals surface area contributed by atoms with Crippen LogP contribution in [-0.2, 0) is 12.0 Å². The molecule has 1 heterocycles. The van der Waals surface area contributed by atoms with Crippen LogP contribution in [-0.4, -0.2) is 44.4 Å². The molecule has 0 amide bonds. The van der Waals surface area contributed by atoms with E-state index in [1.165, 1.54) is 13.2 Å². The maximum Gasteiger partial charge on any atom is 0.387 e. The minimum absolute atomic E-state index is 0. The molecule has 0 fully saturated rings. The van der Waals surface area contributed by atoms with E-state index in [4.69, 9.17) is 9.15 Å². The SMILES string of the molecule is CCNC(=NCC(C)(O)c1cc(C)oc1C)NCCc1ccc(OC)c(OC(F)F)c1.I. The first-order chi connectivity index (χ1) is 14.7. The van der Waals surface area contributed by atoms with E-state index in [1.54, 1.807) is 19.1 Å². The van der Waals surface area contributed by atoms with Crippen LogP contribution in [0.5, 0.6) is 11.5 Å². The van der Waals surface area contributed by atoms with Crippen LogP contribution in [0.15, 0.2) is 33.7 Å². The summed E-state index contributed by atoms with van der Waals surface area (Å²) in [6.45, 7) is 5.63. The fourth-order valence-corrected chi connectivity index (χ4v) is 3.22. The molecule has 1 aromatic carbocycles. The second-order valence-electron chi connectivity index (χ2n) is 7.34. The Hall–Kier alpha value is -2.08. The number of nitrogens with one attached hydrogen (secondary N) is 2. The Morgan fingerprint density at radius 2 is 1.94 bits per heavy atom. The van der Waals surface area contributed by atoms with Crippen molar-refractivity contribution < 1.29 is 27.8 Å². The highest BCUT2D eigenvalue weighted by molar-refractivity contribution is 14.0. The van der Waals surface area contributed by atoms with Gasteiger partial charge >= 0.3 is 6.61 Å². The Morgan fingerprint density at radius 1 is 1.22 bits per heavy atom. The van der Waals surface area contributed by atoms with E-state index in [0.29, 0.717) is 36.8 Å². The highest BCUT2D eigenvalue weighted by Gasteiger charge is 2.27. The van der Waals surface area contributed by atoms with Gasteiger partial charge in [0.1, 0.15) is 17.1 Å². The van der Waals surface area contributed by atoms with Gasteiger partial charge in [0.05, 0.1) is 13.7 Å². The van der Waals surface area contributed by atoms with E-state index < -0.39 is 12.2 Å². The lowest BCUT2D eigenvalue weighted by Crippen LogP contribution is -2.39. The number of hydrogen-bond acceptors (Lipinski definition) is 5. The number of aryl methyl sites for hydroxylation is 2. The second-order valence-corrected chi connectivity index (χ2v) is 7.34. The number of ether oxygens (including phenoxy) is 2. The zero-order chi connectivity index (χ0) is 23.0. The molecule has 0 aliphatic rings. The summed E-state index contributed by atoms with van der Waals surface area (Å²) in [4.78, 5) is 4.49. The number of halogens is 3. The highest BCUT2D eigenvalue weighted by Crippen LogP contribution is 2.30. The van der Waals surface area contributed by atoms with Crippen molar-refractivity contribution in [1.82, 2.24) is 10.6 Å². The molecule has 7 nitrogen and oxygen atoms in total. The topological polar surface area (TPSA) is 88.3 Å². The predicted molar refractivity (Wildman–Crippen MR) is 130 cm³/mol. The average molecular weight is 567 g/mol. The first kappa shape index (κ1) is 28.0. The molecule has 0 saturated carbocycles. The first-order valence-electron chi connectivity index (χ1n) is 10.1. The van der Waals surface area contributed by atoms with Crippen LogP contribution >= 0.6 is 24.0 Å². The van der Waals surface area contributed by atoms with Crippen molar-refractivity contribution in [3.05, 3.63) is 46.9 Å². The van der Waals surface area contributed by atoms with E-state index in [9.17, 15) is 13.9 Å². The summed E-state index contributed by atoms with van der Waals surface area (Å²) in [6, 6.07) is 6.73. The van der Waals surface area contributed by atoms with Crippen molar-refractivity contribution in [3.8, 4) is 11.5 Å². The number of guanidine groups is 1. The third kappa shape index (κ3) is 8.12. The molecule has 2 rings (SSSR count). The summed E-state index contributed by atoms with van der Waals surface area (Å²) in [5, 5.41) is 17.2. The molecular formula is C22H32F2IN3O4. The molecule has 10 heteroatoms. The van der Waals surface area contributed by atoms with E-state index >= 15 is 0 Å². The van der Waals surface area contributed by atoms with Crippen LogP contribution in [0.1, 0.15) is 36.5 Å². The van der Waals surface area contributed by atoms with Crippen LogP contribution in [0.25, 0.3) is 0 Å². The van der Waals surface area contributed by atoms with Gasteiger partial charge in [0.2, 0.25) is 0 Å². The van der Waals surface area contributed by atoms with Gasteiger partial charge in [0.15, 0.2) is 17.5 Å². The van der Waals surface area contributed by atoms with Crippen molar-refractivity contribution in [2.24, 2.45) is 4.99 Å². The Labute approximate surface area is 204 Å². The number of nitrogens with zero attached hydrogens (tertiary/aromatic N) is 1. The number of benzene rings is 1. The molecule has 2 aromatic rings. The van der Waals surface area contributed by atoms with Crippen molar-refractivity contribution in [1.29, 1.82) is 0 Å². The highest BCUT2D eigenvalue weighted by atomic mass is 127. The van der Waals surface area contributed by atoms with Crippen molar-refractivity contribution in [2.45, 2.75) is 46.3 Å². The summed E-state index contributed by atoms with van der Waals surface area (Å²) in [5.41, 5.74) is 0.326. The van der Waals surface area contributed by atoms with Gasteiger partial charge < -0.3 is 29.6 Å². The minimum Gasteiger partial charge on any atom is -0.493 e. The van der Waals surface area contributed by atoms with Crippen molar-refractivity contribution in [3.63, 3.8) is 0 Å². The molecule has 1 atom stereocenters. The number of aliphatic imine (C=N–C) groups is 1. The van der Waals surface area contributed by atoms with E-state index in [1.807, 2.05) is 26.8 Å². The number of furan rings is 1. The van der Waals surface area contributed by atoms with Crippen LogP contribution < -0.4 is 20.1 Å². The Bertz CT molecular complexity index is 888. The summed E-state index contributed by atoms with van der Waals surface area (Å²) in [6.07, 6.45) is 0.546. The lowest BCUT2D eigenvalue weighted by molar-refractivity contribution is -0.0512. The zero-order valence-corrected chi connectivity index (χ0v) is 21.3. The Kier molecular flexibility index (Phi) is 11.2. The lowest BCUT2D eigenvalue weighted by Gasteiger charge is -2.21. The van der Waals surface area contributed by atoms with Crippen molar-refractivity contribution >= 4 is 29.9 Å². The Balaban J connectivity index is 0.00000512. The van der Waals surface area contributed by atoms with Crippen LogP contribution in [0.3, 0.4) is 0 Å². The first-order valence-corrected chi connectivity index (χ1v) is 10.1. The number of hydrogen-bond donors (Lipinski definition) is 3. The largest absolute Gasteiger partial charge is 0.493 e. The Morgan fingerprint density at radius 3 is 2.50 bits per heavy atom. The van der Waals surface area contributed by atoms with Gasteiger partial charge in [0, 0.05) is 18.7 Å². The molecule has 0 radical (unpaired) electrons. The summed E-state index contributed by atoms with van der Waals surface area (Å²) in [7, 11) is 1.40. The van der Waals surface area contributed by atoms with E-state index in [-0.39, 0.29) is 42.0 Å². The third-order valence-corrected chi connectivity index (χ3v) is 4.66. The summed E-state index contributed by atoms with van der Waals surface area (Å²) in [5.74, 6) is 2.18. The van der Waals surface area contributed by atoms with Crippen LogP contribution in [0.4, 0.5) is 8.78 Å². The number of alkyl halides is 2. The molecule has 0 saturated heterocycles. The number of rotatable bonds is 10. The minimum atomic E-state index is -2.93. The van der Waals surface area contributed by atoms with Crippen molar-refractivity contribution in [2.75, 3.05) is 26.7 Å². The van der Waals surface area contributed by atoms with E-state index in [2.05, 4.69) is 20.4 Å². The maximum absolute atomic E-state index is 12.6. The number of aliphatic hydroxyl groups is 1. The van der Waals surface area contributed by atoms with Gasteiger partial charge in [-0.3, -0.25) is 0 Å². The molecule has 32 heavy (non-hydrogen) atoms. The summed E-state index contributed by atoms with van der Waals surface area (Å²) < 4.78 is 40.3. The van der Waals surface area contributed by atoms with E-state index in [0.717, 1.165) is 11.3 Å². The maximum atomic E-state index is 12.6. The fraction of sp³-hybridized carbons (Fsp3) is 0.500. The van der Waals surface area contributed by atoms with Gasteiger partial charge in [-0.05, 0) is 57.9 Å². The average Bonchev–Trinajstić information content (AvgIpc) is 3.05. The van der Waals surface area contributed by atoms with Gasteiger partial charge in [-0.15, -0.1) is 24.0 Å². The molecule has 0 bridgehead atoms. The quantitative estimate of drug-likeness (QED) is 0.228. The molecule has 0 spiro atoms. The lowest BCUT2D eigenvalue weighted by atomic mass is 9.96. The smallest absolute Gasteiger partial charge is 0.387 e. The molecule has 1 unspecified atom stereocenters. The molecule has 3 N–H and O–H groups in total. The normalized spacial score (nSPS) is 13.3. The van der Waals surface area contributed by atoms with Gasteiger partial charge in [-0.25, -0.2) is 4.99 Å². The molecular weight excluding hydrogens is 535 g/mol. The van der Waals surface area contributed by atoms with Gasteiger partial charge in [-0.2, -0.15) is 8.78 Å². The fourth-order valence-electron chi connectivity index (χ4n) is 3.22. The summed E-state index contributed by atoms with van der Waals surface area (Å²) >= 11 is 0. The predicted octanol–water partition coefficient (Wildman–Crippen LogP) is 4.13. The molecule has 180 valence electrons. The standard InChI is InChI=1S/C22H31F2N3O4.HI/c1-6-25-21(27-13-22(4,28)17-11-14(2)30-15(17)3)26-10-9-16-7-8-18(29-5)19(12-16)31-20(23)24;/h7-8,11-12,20,28H,6,9-10,13H2,1-5H3,(H2,25,26,27);1H. The van der Waals surface area contributed by atoms with Gasteiger partial charge in [0.25, 0.3) is 0 Å². The second kappa shape index (κ2) is 12.8. The monoisotopic (exact) mass is 567 g/mol. The molecule has 0 aliphatic heterocycles. The molecule has 0 aliphatic carbocycles. The van der Waals surface area contributed by atoms with Gasteiger partial charge in [-0.1, -0.05) is 6.07 Å². The molecule has 1 aromatic heterocycles. The van der Waals surface area contributed by atoms with Crippen LogP contribution in [0.2, 0.25) is 0 Å². The zero-order valence-electron chi connectivity index (χ0n) is 19.0.